The summed E-state index contributed by atoms with van der Waals surface area (Å²) in [5.41, 5.74) is 5.17. The number of halogens is 3. The first kappa shape index (κ1) is 20.8. The smallest absolute Gasteiger partial charge is 0.253 e. The van der Waals surface area contributed by atoms with Crippen molar-refractivity contribution in [3.05, 3.63) is 28.8 Å². The SMILES string of the molecule is CC.CF.CNC1CC(F)(F)CCN1c1cc2c(cc1C)CCC2. The van der Waals surface area contributed by atoms with Crippen LogP contribution in [0, 0.1) is 6.92 Å². The van der Waals surface area contributed by atoms with Crippen LogP contribution in [0.5, 0.6) is 0 Å². The Morgan fingerprint density at radius 3 is 2.29 bits per heavy atom. The predicted octanol–water partition coefficient (Wildman–Crippen LogP) is 4.88. The Morgan fingerprint density at radius 1 is 1.12 bits per heavy atom. The molecule has 1 saturated heterocycles. The molecule has 0 radical (unpaired) electrons. The Kier molecular flexibility index (Phi) is 8.07. The zero-order valence-electron chi connectivity index (χ0n) is 15.6. The number of hydrogen-bond acceptors (Lipinski definition) is 2. The summed E-state index contributed by atoms with van der Waals surface area (Å²) in [4.78, 5) is 2.12. The molecule has 1 aliphatic carbocycles. The van der Waals surface area contributed by atoms with E-state index in [9.17, 15) is 13.2 Å². The van der Waals surface area contributed by atoms with Gasteiger partial charge in [0.25, 0.3) is 5.92 Å². The Morgan fingerprint density at radius 2 is 1.71 bits per heavy atom. The molecule has 1 fully saturated rings. The molecule has 1 aromatic rings. The summed E-state index contributed by atoms with van der Waals surface area (Å²) >= 11 is 0. The van der Waals surface area contributed by atoms with Crippen LogP contribution in [0.3, 0.4) is 0 Å². The highest BCUT2D eigenvalue weighted by atomic mass is 19.3. The molecule has 1 heterocycles. The third kappa shape index (κ3) is 4.65. The molecule has 1 N–H and O–H groups in total. The van der Waals surface area contributed by atoms with Crippen molar-refractivity contribution in [2.24, 2.45) is 0 Å². The summed E-state index contributed by atoms with van der Waals surface area (Å²) in [5.74, 6) is -2.55. The van der Waals surface area contributed by atoms with E-state index in [4.69, 9.17) is 0 Å². The van der Waals surface area contributed by atoms with E-state index in [1.165, 1.54) is 23.1 Å². The minimum atomic E-state index is -2.55. The number of rotatable bonds is 2. The molecule has 138 valence electrons. The third-order valence-corrected chi connectivity index (χ3v) is 4.64. The molecule has 0 aromatic heterocycles. The lowest BCUT2D eigenvalue weighted by molar-refractivity contribution is -0.0365. The summed E-state index contributed by atoms with van der Waals surface area (Å²) in [5, 5.41) is 3.05. The van der Waals surface area contributed by atoms with Crippen molar-refractivity contribution in [3.63, 3.8) is 0 Å². The van der Waals surface area contributed by atoms with Crippen molar-refractivity contribution in [3.8, 4) is 0 Å². The van der Waals surface area contributed by atoms with E-state index in [2.05, 4.69) is 29.3 Å². The topological polar surface area (TPSA) is 15.3 Å². The maximum atomic E-state index is 13.6. The molecule has 3 rings (SSSR count). The monoisotopic (exact) mass is 344 g/mol. The van der Waals surface area contributed by atoms with Gasteiger partial charge in [-0.05, 0) is 56.0 Å². The second-order valence-corrected chi connectivity index (χ2v) is 6.07. The average Bonchev–Trinajstić information content (AvgIpc) is 3.04. The van der Waals surface area contributed by atoms with Gasteiger partial charge in [0.2, 0.25) is 0 Å². The van der Waals surface area contributed by atoms with Crippen molar-refractivity contribution in [1.29, 1.82) is 0 Å². The highest BCUT2D eigenvalue weighted by Crippen LogP contribution is 2.37. The number of hydrogen-bond donors (Lipinski definition) is 1. The highest BCUT2D eigenvalue weighted by molar-refractivity contribution is 5.59. The fourth-order valence-electron chi connectivity index (χ4n) is 3.52. The van der Waals surface area contributed by atoms with Gasteiger partial charge in [0.15, 0.2) is 0 Å². The van der Waals surface area contributed by atoms with Crippen LogP contribution in [0.4, 0.5) is 18.9 Å². The van der Waals surface area contributed by atoms with Gasteiger partial charge in [0, 0.05) is 25.1 Å². The van der Waals surface area contributed by atoms with Crippen LogP contribution in [0.2, 0.25) is 0 Å². The largest absolute Gasteiger partial charge is 0.355 e. The van der Waals surface area contributed by atoms with Crippen LogP contribution in [-0.4, -0.2) is 32.9 Å². The number of nitrogens with zero attached hydrogens (tertiary/aromatic N) is 1. The van der Waals surface area contributed by atoms with E-state index in [0.29, 0.717) is 13.7 Å². The maximum Gasteiger partial charge on any atom is 0.253 e. The van der Waals surface area contributed by atoms with Crippen molar-refractivity contribution in [2.45, 2.75) is 65.0 Å². The van der Waals surface area contributed by atoms with Crippen molar-refractivity contribution in [1.82, 2.24) is 5.32 Å². The number of fused-ring (bicyclic) bond motifs is 1. The lowest BCUT2D eigenvalue weighted by Crippen LogP contribution is -2.53. The first-order valence-electron chi connectivity index (χ1n) is 8.82. The van der Waals surface area contributed by atoms with Crippen molar-refractivity contribution >= 4 is 5.69 Å². The fourth-order valence-corrected chi connectivity index (χ4v) is 3.52. The zero-order chi connectivity index (χ0) is 18.3. The Labute approximate surface area is 144 Å². The van der Waals surface area contributed by atoms with Crippen LogP contribution in [-0.2, 0) is 12.8 Å². The predicted molar refractivity (Wildman–Crippen MR) is 96.0 cm³/mol. The first-order chi connectivity index (χ1) is 11.5. The van der Waals surface area contributed by atoms with Crippen LogP contribution < -0.4 is 10.2 Å². The number of nitrogens with one attached hydrogen (secondary N) is 1. The van der Waals surface area contributed by atoms with Crippen LogP contribution in [0.15, 0.2) is 12.1 Å². The van der Waals surface area contributed by atoms with E-state index < -0.39 is 5.92 Å². The van der Waals surface area contributed by atoms with Gasteiger partial charge in [0.05, 0.1) is 13.3 Å². The molecule has 1 aromatic carbocycles. The summed E-state index contributed by atoms with van der Waals surface area (Å²) in [6, 6.07) is 4.47. The minimum absolute atomic E-state index is 0.0539. The molecular formula is C19H31F3N2. The molecule has 24 heavy (non-hydrogen) atoms. The number of piperidine rings is 1. The van der Waals surface area contributed by atoms with Gasteiger partial charge in [-0.2, -0.15) is 0 Å². The second kappa shape index (κ2) is 9.30. The van der Waals surface area contributed by atoms with E-state index in [-0.39, 0.29) is 19.0 Å². The Bertz CT molecular complexity index is 518. The van der Waals surface area contributed by atoms with Crippen molar-refractivity contribution < 1.29 is 13.2 Å². The van der Waals surface area contributed by atoms with Crippen LogP contribution in [0.25, 0.3) is 0 Å². The molecule has 1 atom stereocenters. The number of alkyl halides is 3. The molecular weight excluding hydrogens is 313 g/mol. The molecule has 0 spiro atoms. The van der Waals surface area contributed by atoms with Gasteiger partial charge in [-0.3, -0.25) is 4.39 Å². The van der Waals surface area contributed by atoms with Crippen molar-refractivity contribution in [2.75, 3.05) is 25.7 Å². The Hall–Kier alpha value is -1.23. The molecule has 0 amide bonds. The average molecular weight is 344 g/mol. The van der Waals surface area contributed by atoms with Gasteiger partial charge in [0.1, 0.15) is 0 Å². The minimum Gasteiger partial charge on any atom is -0.355 e. The summed E-state index contributed by atoms with van der Waals surface area (Å²) in [6.07, 6.45) is 3.05. The summed E-state index contributed by atoms with van der Waals surface area (Å²) in [7, 11) is 2.27. The van der Waals surface area contributed by atoms with Crippen LogP contribution >= 0.6 is 0 Å². The Balaban J connectivity index is 0.000000671. The van der Waals surface area contributed by atoms with E-state index in [0.717, 1.165) is 18.5 Å². The molecule has 2 nitrogen and oxygen atoms in total. The van der Waals surface area contributed by atoms with E-state index in [1.807, 2.05) is 13.8 Å². The first-order valence-corrected chi connectivity index (χ1v) is 8.82. The standard InChI is InChI=1S/C16H22F2N2.C2H6.CH3F/c1-11-8-12-4-3-5-13(12)9-14(11)20-7-6-16(17,18)10-15(20)19-2;2*1-2/h8-9,15,19H,3-7,10H2,1-2H3;1-2H3;1H3. The maximum absolute atomic E-state index is 13.6. The summed E-state index contributed by atoms with van der Waals surface area (Å²) in [6.45, 7) is 6.51. The lowest BCUT2D eigenvalue weighted by atomic mass is 9.99. The number of anilines is 1. The summed E-state index contributed by atoms with van der Waals surface area (Å²) < 4.78 is 36.7. The highest BCUT2D eigenvalue weighted by Gasteiger charge is 2.40. The van der Waals surface area contributed by atoms with Gasteiger partial charge in [-0.25, -0.2) is 8.78 Å². The molecule has 2 aliphatic rings. The number of aryl methyl sites for hydroxylation is 3. The van der Waals surface area contributed by atoms with Gasteiger partial charge in [-0.15, -0.1) is 0 Å². The van der Waals surface area contributed by atoms with E-state index >= 15 is 0 Å². The normalized spacial score (nSPS) is 21.2. The second-order valence-electron chi connectivity index (χ2n) is 6.07. The van der Waals surface area contributed by atoms with Gasteiger partial charge >= 0.3 is 0 Å². The van der Waals surface area contributed by atoms with Crippen LogP contribution in [0.1, 0.15) is 49.8 Å². The zero-order valence-corrected chi connectivity index (χ0v) is 15.6. The quantitative estimate of drug-likeness (QED) is 0.823. The molecule has 1 aliphatic heterocycles. The fraction of sp³-hybridized carbons (Fsp3) is 0.684. The lowest BCUT2D eigenvalue weighted by Gasteiger charge is -2.41. The molecule has 1 unspecified atom stereocenters. The molecule has 0 bridgehead atoms. The molecule has 0 saturated carbocycles. The van der Waals surface area contributed by atoms with Gasteiger partial charge < -0.3 is 10.2 Å². The number of benzene rings is 1. The molecule has 5 heteroatoms. The van der Waals surface area contributed by atoms with Gasteiger partial charge in [-0.1, -0.05) is 19.9 Å². The van der Waals surface area contributed by atoms with E-state index in [1.54, 1.807) is 7.05 Å². The third-order valence-electron chi connectivity index (χ3n) is 4.64.